The first-order valence-corrected chi connectivity index (χ1v) is 12.6. The molecule has 37 heavy (non-hydrogen) atoms. The Kier molecular flexibility index (Phi) is 7.12. The highest BCUT2D eigenvalue weighted by Gasteiger charge is 2.27. The Bertz CT molecular complexity index is 1300. The van der Waals surface area contributed by atoms with Gasteiger partial charge in [0, 0.05) is 32.7 Å². The van der Waals surface area contributed by atoms with E-state index in [9.17, 15) is 4.79 Å². The normalized spacial score (nSPS) is 20.2. The van der Waals surface area contributed by atoms with Crippen molar-refractivity contribution < 1.29 is 19.0 Å². The number of carbonyl (C=O) groups excluding carboxylic acids is 1. The van der Waals surface area contributed by atoms with E-state index in [1.807, 2.05) is 24.3 Å². The monoisotopic (exact) mass is 506 g/mol. The van der Waals surface area contributed by atoms with Gasteiger partial charge in [0.05, 0.1) is 62.3 Å². The van der Waals surface area contributed by atoms with Gasteiger partial charge in [-0.25, -0.2) is 4.98 Å². The average molecular weight is 507 g/mol. The summed E-state index contributed by atoms with van der Waals surface area (Å²) in [4.78, 5) is 33.8. The highest BCUT2D eigenvalue weighted by molar-refractivity contribution is 5.98. The van der Waals surface area contributed by atoms with Crippen molar-refractivity contribution in [3.63, 3.8) is 0 Å². The lowest BCUT2D eigenvalue weighted by Gasteiger charge is -2.37. The fourth-order valence-corrected chi connectivity index (χ4v) is 4.83. The van der Waals surface area contributed by atoms with Crippen LogP contribution in [0.4, 0.5) is 11.8 Å². The SMILES string of the molecule is COc1ccc(-c2ccc3c(N4CCOC[C@@H]4C)nc(N4CCOC[C@@H]4C)nc3n2)cc1C(=O)N(C)C. The van der Waals surface area contributed by atoms with Gasteiger partial charge in [-0.15, -0.1) is 0 Å². The van der Waals surface area contributed by atoms with Gasteiger partial charge in [-0.1, -0.05) is 0 Å². The largest absolute Gasteiger partial charge is 0.496 e. The molecule has 0 bridgehead atoms. The third-order valence-corrected chi connectivity index (χ3v) is 6.92. The molecule has 0 radical (unpaired) electrons. The maximum Gasteiger partial charge on any atom is 0.257 e. The molecule has 2 aliphatic heterocycles. The molecule has 5 rings (SSSR count). The van der Waals surface area contributed by atoms with E-state index in [0.29, 0.717) is 49.3 Å². The standard InChI is InChI=1S/C27H34N6O4/c1-17-15-36-12-10-32(17)25-20-7-8-22(19-6-9-23(35-5)21(14-19)26(34)31(3)4)28-24(20)29-27(30-25)33-11-13-37-16-18(33)2/h6-9,14,17-18H,10-13,15-16H2,1-5H3/t17-,18-/m0/s1. The Morgan fingerprint density at radius 1 is 0.973 bits per heavy atom. The van der Waals surface area contributed by atoms with E-state index in [-0.39, 0.29) is 18.0 Å². The smallest absolute Gasteiger partial charge is 0.257 e. The van der Waals surface area contributed by atoms with Gasteiger partial charge in [0.25, 0.3) is 5.91 Å². The highest BCUT2D eigenvalue weighted by atomic mass is 16.5. The average Bonchev–Trinajstić information content (AvgIpc) is 2.92. The van der Waals surface area contributed by atoms with Gasteiger partial charge in [0.1, 0.15) is 11.6 Å². The zero-order chi connectivity index (χ0) is 26.1. The second kappa shape index (κ2) is 10.5. The van der Waals surface area contributed by atoms with Crippen molar-refractivity contribution in [1.29, 1.82) is 0 Å². The molecule has 3 aromatic rings. The lowest BCUT2D eigenvalue weighted by Crippen LogP contribution is -2.46. The maximum absolute atomic E-state index is 12.8. The van der Waals surface area contributed by atoms with Crippen LogP contribution >= 0.6 is 0 Å². The van der Waals surface area contributed by atoms with E-state index in [1.165, 1.54) is 4.90 Å². The van der Waals surface area contributed by atoms with E-state index in [0.717, 1.165) is 35.6 Å². The molecular weight excluding hydrogens is 472 g/mol. The quantitative estimate of drug-likeness (QED) is 0.518. The molecule has 10 heteroatoms. The third-order valence-electron chi connectivity index (χ3n) is 6.92. The Morgan fingerprint density at radius 2 is 1.68 bits per heavy atom. The van der Waals surface area contributed by atoms with E-state index in [4.69, 9.17) is 29.2 Å². The summed E-state index contributed by atoms with van der Waals surface area (Å²) in [6.45, 7) is 8.30. The molecule has 2 aliphatic rings. The van der Waals surface area contributed by atoms with Crippen LogP contribution < -0.4 is 14.5 Å². The third kappa shape index (κ3) is 4.91. The molecule has 0 saturated carbocycles. The van der Waals surface area contributed by atoms with Crippen LogP contribution in [-0.2, 0) is 9.47 Å². The molecule has 10 nitrogen and oxygen atoms in total. The minimum Gasteiger partial charge on any atom is -0.496 e. The number of amides is 1. The van der Waals surface area contributed by atoms with Crippen molar-refractivity contribution in [2.75, 3.05) is 70.5 Å². The van der Waals surface area contributed by atoms with Gasteiger partial charge in [-0.05, 0) is 44.2 Å². The molecule has 1 aromatic carbocycles. The summed E-state index contributed by atoms with van der Waals surface area (Å²) in [5, 5.41) is 0.889. The second-order valence-electron chi connectivity index (χ2n) is 9.76. The number of morpholine rings is 2. The number of hydrogen-bond acceptors (Lipinski definition) is 9. The van der Waals surface area contributed by atoms with Crippen LogP contribution in [0.1, 0.15) is 24.2 Å². The Morgan fingerprint density at radius 3 is 2.32 bits per heavy atom. The number of benzene rings is 1. The van der Waals surface area contributed by atoms with Gasteiger partial charge in [-0.2, -0.15) is 9.97 Å². The van der Waals surface area contributed by atoms with E-state index in [2.05, 4.69) is 23.6 Å². The zero-order valence-electron chi connectivity index (χ0n) is 22.1. The number of carbonyl (C=O) groups is 1. The van der Waals surface area contributed by atoms with Crippen LogP contribution in [0.5, 0.6) is 5.75 Å². The molecule has 2 atom stereocenters. The van der Waals surface area contributed by atoms with Crippen molar-refractivity contribution in [2.45, 2.75) is 25.9 Å². The van der Waals surface area contributed by atoms with Crippen LogP contribution in [0, 0.1) is 0 Å². The van der Waals surface area contributed by atoms with E-state index in [1.54, 1.807) is 27.3 Å². The van der Waals surface area contributed by atoms with Crippen molar-refractivity contribution >= 4 is 28.7 Å². The van der Waals surface area contributed by atoms with E-state index >= 15 is 0 Å². The molecule has 0 N–H and O–H groups in total. The van der Waals surface area contributed by atoms with Gasteiger partial charge in [0.15, 0.2) is 5.65 Å². The highest BCUT2D eigenvalue weighted by Crippen LogP contribution is 2.32. The molecule has 0 spiro atoms. The van der Waals surface area contributed by atoms with Crippen molar-refractivity contribution in [3.05, 3.63) is 35.9 Å². The van der Waals surface area contributed by atoms with Gasteiger partial charge in [-0.3, -0.25) is 4.79 Å². The molecule has 2 aromatic heterocycles. The summed E-state index contributed by atoms with van der Waals surface area (Å²) >= 11 is 0. The first-order valence-electron chi connectivity index (χ1n) is 12.6. The number of fused-ring (bicyclic) bond motifs is 1. The predicted octanol–water partition coefficient (Wildman–Crippen LogP) is 2.85. The lowest BCUT2D eigenvalue weighted by molar-refractivity contribution is 0.0824. The number of aromatic nitrogens is 3. The van der Waals surface area contributed by atoms with Crippen molar-refractivity contribution in [1.82, 2.24) is 19.9 Å². The molecule has 1 amide bonds. The zero-order valence-corrected chi connectivity index (χ0v) is 22.1. The lowest BCUT2D eigenvalue weighted by atomic mass is 10.0. The second-order valence-corrected chi connectivity index (χ2v) is 9.76. The summed E-state index contributed by atoms with van der Waals surface area (Å²) in [6, 6.07) is 9.87. The first kappa shape index (κ1) is 25.2. The van der Waals surface area contributed by atoms with E-state index < -0.39 is 0 Å². The number of pyridine rings is 1. The number of anilines is 2. The van der Waals surface area contributed by atoms with Crippen LogP contribution in [0.2, 0.25) is 0 Å². The Labute approximate surface area is 217 Å². The summed E-state index contributed by atoms with van der Waals surface area (Å²) in [5.41, 5.74) is 2.64. The Balaban J connectivity index is 1.64. The fourth-order valence-electron chi connectivity index (χ4n) is 4.83. The summed E-state index contributed by atoms with van der Waals surface area (Å²) in [5.74, 6) is 1.92. The first-order chi connectivity index (χ1) is 17.9. The van der Waals surface area contributed by atoms with Crippen molar-refractivity contribution in [3.8, 4) is 17.0 Å². The minimum absolute atomic E-state index is 0.131. The number of ether oxygens (including phenoxy) is 3. The molecule has 4 heterocycles. The molecule has 0 aliphatic carbocycles. The molecule has 2 fully saturated rings. The van der Waals surface area contributed by atoms with Gasteiger partial charge < -0.3 is 28.9 Å². The molecule has 2 saturated heterocycles. The number of nitrogens with zero attached hydrogens (tertiary/aromatic N) is 6. The van der Waals surface area contributed by atoms with Crippen LogP contribution in [0.15, 0.2) is 30.3 Å². The van der Waals surface area contributed by atoms with Crippen LogP contribution in [-0.4, -0.2) is 98.6 Å². The maximum atomic E-state index is 12.8. The number of methoxy groups -OCH3 is 1. The number of hydrogen-bond donors (Lipinski definition) is 0. The Hall–Kier alpha value is -3.50. The van der Waals surface area contributed by atoms with Crippen LogP contribution in [0.25, 0.3) is 22.3 Å². The van der Waals surface area contributed by atoms with Gasteiger partial charge in [0.2, 0.25) is 5.95 Å². The predicted molar refractivity (Wildman–Crippen MR) is 143 cm³/mol. The van der Waals surface area contributed by atoms with Crippen LogP contribution in [0.3, 0.4) is 0 Å². The summed E-state index contributed by atoms with van der Waals surface area (Å²) < 4.78 is 16.8. The molecule has 196 valence electrons. The van der Waals surface area contributed by atoms with Crippen molar-refractivity contribution in [2.24, 2.45) is 0 Å². The molecular formula is C27H34N6O4. The van der Waals surface area contributed by atoms with Gasteiger partial charge >= 0.3 is 0 Å². The molecule has 0 unspecified atom stereocenters. The summed E-state index contributed by atoms with van der Waals surface area (Å²) in [6.07, 6.45) is 0. The number of rotatable bonds is 5. The fraction of sp³-hybridized carbons (Fsp3) is 0.481. The minimum atomic E-state index is -0.131. The summed E-state index contributed by atoms with van der Waals surface area (Å²) in [7, 11) is 5.01. The topological polar surface area (TPSA) is 93.1 Å².